The fraction of sp³-hybridized carbons (Fsp3) is 0.650. The molecular weight excluding hydrogens is 326 g/mol. The monoisotopic (exact) mass is 353 g/mol. The highest BCUT2D eigenvalue weighted by Gasteiger charge is 2.49. The minimum absolute atomic E-state index is 0.260. The van der Waals surface area contributed by atoms with Crippen molar-refractivity contribution >= 4 is 11.7 Å². The first-order valence-electron chi connectivity index (χ1n) is 9.64. The third-order valence-electron chi connectivity index (χ3n) is 6.26. The second-order valence-electron chi connectivity index (χ2n) is 8.24. The Bertz CT molecular complexity index is 727. The molecule has 1 amide bonds. The highest BCUT2D eigenvalue weighted by atomic mass is 16.2. The second-order valence-corrected chi connectivity index (χ2v) is 8.24. The summed E-state index contributed by atoms with van der Waals surface area (Å²) in [5.41, 5.74) is 0.646. The van der Waals surface area contributed by atoms with Crippen LogP contribution in [0.25, 0.3) is 0 Å². The molecule has 3 fully saturated rings. The van der Waals surface area contributed by atoms with Crippen LogP contribution < -0.4 is 4.90 Å². The average Bonchev–Trinajstić information content (AvgIpc) is 2.65. The van der Waals surface area contributed by atoms with Crippen molar-refractivity contribution < 1.29 is 4.79 Å². The van der Waals surface area contributed by atoms with Gasteiger partial charge in [-0.3, -0.25) is 4.79 Å². The van der Waals surface area contributed by atoms with Crippen molar-refractivity contribution in [3.63, 3.8) is 0 Å². The van der Waals surface area contributed by atoms with Crippen molar-refractivity contribution in [3.05, 3.63) is 23.9 Å². The molecule has 6 nitrogen and oxygen atoms in total. The molecule has 4 heterocycles. The number of hydrogen-bond acceptors (Lipinski definition) is 5. The molecule has 0 aromatic carbocycles. The summed E-state index contributed by atoms with van der Waals surface area (Å²) >= 11 is 0. The maximum Gasteiger partial charge on any atom is 0.223 e. The first-order chi connectivity index (χ1) is 12.6. The van der Waals surface area contributed by atoms with E-state index in [0.717, 1.165) is 38.3 Å². The van der Waals surface area contributed by atoms with E-state index in [1.165, 1.54) is 6.42 Å². The fourth-order valence-electron chi connectivity index (χ4n) is 5.29. The van der Waals surface area contributed by atoms with Gasteiger partial charge in [0, 0.05) is 44.3 Å². The molecule has 6 heteroatoms. The van der Waals surface area contributed by atoms with Crippen LogP contribution in [0.1, 0.15) is 31.2 Å². The molecule has 0 spiro atoms. The van der Waals surface area contributed by atoms with Crippen LogP contribution in [0.5, 0.6) is 0 Å². The van der Waals surface area contributed by atoms with Crippen LogP contribution in [0.3, 0.4) is 0 Å². The Morgan fingerprint density at radius 1 is 1.35 bits per heavy atom. The Morgan fingerprint density at radius 2 is 2.15 bits per heavy atom. The van der Waals surface area contributed by atoms with Crippen LogP contribution >= 0.6 is 0 Å². The van der Waals surface area contributed by atoms with Crippen LogP contribution in [0.4, 0.5) is 5.82 Å². The molecule has 0 unspecified atom stereocenters. The lowest BCUT2D eigenvalue weighted by Crippen LogP contribution is -2.67. The molecule has 26 heavy (non-hydrogen) atoms. The van der Waals surface area contributed by atoms with Crippen LogP contribution in [0, 0.1) is 23.2 Å². The zero-order valence-electron chi connectivity index (χ0n) is 15.6. The summed E-state index contributed by atoms with van der Waals surface area (Å²) < 4.78 is 0. The van der Waals surface area contributed by atoms with Gasteiger partial charge in [-0.05, 0) is 57.3 Å². The van der Waals surface area contributed by atoms with Gasteiger partial charge < -0.3 is 14.7 Å². The number of rotatable bonds is 3. The van der Waals surface area contributed by atoms with E-state index in [1.54, 1.807) is 6.20 Å². The molecule has 4 atom stereocenters. The van der Waals surface area contributed by atoms with E-state index in [-0.39, 0.29) is 6.04 Å². The van der Waals surface area contributed by atoms with Crippen molar-refractivity contribution in [2.45, 2.75) is 37.8 Å². The average molecular weight is 353 g/mol. The molecule has 0 N–H and O–H groups in total. The van der Waals surface area contributed by atoms with Gasteiger partial charge in [0.15, 0.2) is 0 Å². The predicted octanol–water partition coefficient (Wildman–Crippen LogP) is 1.72. The molecule has 0 saturated carbocycles. The predicted molar refractivity (Wildman–Crippen MR) is 99.6 cm³/mol. The van der Waals surface area contributed by atoms with Gasteiger partial charge >= 0.3 is 0 Å². The molecule has 0 radical (unpaired) electrons. The smallest absolute Gasteiger partial charge is 0.223 e. The number of nitriles is 1. The van der Waals surface area contributed by atoms with E-state index in [9.17, 15) is 10.1 Å². The largest absolute Gasteiger partial charge is 0.355 e. The van der Waals surface area contributed by atoms with Gasteiger partial charge in [-0.15, -0.1) is 0 Å². The highest BCUT2D eigenvalue weighted by Crippen LogP contribution is 2.42. The SMILES string of the molecule is CN(C)C[C@H]1[C@H]2C[C@H](CN(c3ncccc3C#N)C2)[C@@H]2CCCC(=O)N21. The Morgan fingerprint density at radius 3 is 2.92 bits per heavy atom. The fourth-order valence-corrected chi connectivity index (χ4v) is 5.29. The quantitative estimate of drug-likeness (QED) is 0.828. The number of piperidine rings is 3. The van der Waals surface area contributed by atoms with Gasteiger partial charge in [-0.25, -0.2) is 4.98 Å². The number of carbonyl (C=O) groups is 1. The second kappa shape index (κ2) is 6.88. The summed E-state index contributed by atoms with van der Waals surface area (Å²) in [6.45, 7) is 2.67. The standard InChI is InChI=1S/C20H27N5O/c1-23(2)13-18-16-9-15(17-6-3-7-19(26)25(17)18)11-24(12-16)20-14(10-21)5-4-8-22-20/h4-5,8,15-18H,3,6-7,9,11-13H2,1-2H3/t15-,16+,17+,18+/m1/s1. The zero-order chi connectivity index (χ0) is 18.3. The van der Waals surface area contributed by atoms with Crippen molar-refractivity contribution in [3.8, 4) is 6.07 Å². The number of carbonyl (C=O) groups excluding carboxylic acids is 1. The first-order valence-corrected chi connectivity index (χ1v) is 9.64. The molecule has 1 aromatic heterocycles. The van der Waals surface area contributed by atoms with Gasteiger partial charge in [-0.1, -0.05) is 0 Å². The molecular formula is C20H27N5O. The minimum Gasteiger partial charge on any atom is -0.355 e. The number of anilines is 1. The van der Waals surface area contributed by atoms with Crippen molar-refractivity contribution in [2.75, 3.05) is 38.6 Å². The third-order valence-corrected chi connectivity index (χ3v) is 6.26. The molecule has 0 aliphatic carbocycles. The zero-order valence-corrected chi connectivity index (χ0v) is 15.6. The first kappa shape index (κ1) is 17.3. The Labute approximate surface area is 155 Å². The summed E-state index contributed by atoms with van der Waals surface area (Å²) in [6.07, 6.45) is 5.76. The molecule has 3 aliphatic rings. The Balaban J connectivity index is 1.66. The van der Waals surface area contributed by atoms with Gasteiger partial charge in [0.25, 0.3) is 0 Å². The topological polar surface area (TPSA) is 63.5 Å². The molecule has 138 valence electrons. The van der Waals surface area contributed by atoms with Crippen molar-refractivity contribution in [1.29, 1.82) is 5.26 Å². The summed E-state index contributed by atoms with van der Waals surface area (Å²) in [5.74, 6) is 2.06. The van der Waals surface area contributed by atoms with Gasteiger partial charge in [-0.2, -0.15) is 5.26 Å². The van der Waals surface area contributed by atoms with Gasteiger partial charge in [0.1, 0.15) is 11.9 Å². The number of aromatic nitrogens is 1. The van der Waals surface area contributed by atoms with Gasteiger partial charge in [0.05, 0.1) is 5.56 Å². The maximum absolute atomic E-state index is 12.7. The molecule has 1 aromatic rings. The Kier molecular flexibility index (Phi) is 4.58. The lowest BCUT2D eigenvalue weighted by Gasteiger charge is -2.57. The van der Waals surface area contributed by atoms with Crippen molar-refractivity contribution in [1.82, 2.24) is 14.8 Å². The van der Waals surface area contributed by atoms with E-state index in [1.807, 2.05) is 12.1 Å². The number of hydrogen-bond donors (Lipinski definition) is 0. The van der Waals surface area contributed by atoms with E-state index in [4.69, 9.17) is 0 Å². The van der Waals surface area contributed by atoms with Crippen LogP contribution in [0.15, 0.2) is 18.3 Å². The summed E-state index contributed by atoms with van der Waals surface area (Å²) in [5, 5.41) is 9.47. The van der Waals surface area contributed by atoms with Gasteiger partial charge in [0.2, 0.25) is 5.91 Å². The molecule has 4 rings (SSSR count). The highest BCUT2D eigenvalue weighted by molar-refractivity contribution is 5.78. The number of amides is 1. The minimum atomic E-state index is 0.260. The number of pyridine rings is 1. The maximum atomic E-state index is 12.7. The summed E-state index contributed by atoms with van der Waals surface area (Å²) in [7, 11) is 4.17. The van der Waals surface area contributed by atoms with E-state index in [2.05, 4.69) is 39.8 Å². The molecule has 2 bridgehead atoms. The summed E-state index contributed by atoms with van der Waals surface area (Å²) in [4.78, 5) is 24.0. The van der Waals surface area contributed by atoms with Crippen molar-refractivity contribution in [2.24, 2.45) is 11.8 Å². The van der Waals surface area contributed by atoms with E-state index < -0.39 is 0 Å². The molecule has 3 saturated heterocycles. The number of likely N-dealkylation sites (N-methyl/N-ethyl adjacent to an activating group) is 1. The normalized spacial score (nSPS) is 30.9. The van der Waals surface area contributed by atoms with Crippen LogP contribution in [-0.4, -0.2) is 66.5 Å². The van der Waals surface area contributed by atoms with E-state index >= 15 is 0 Å². The summed E-state index contributed by atoms with van der Waals surface area (Å²) in [6, 6.07) is 6.56. The number of nitrogens with zero attached hydrogens (tertiary/aromatic N) is 5. The number of fused-ring (bicyclic) bond motifs is 4. The third kappa shape index (κ3) is 2.95. The Hall–Kier alpha value is -2.13. The molecule has 3 aliphatic heterocycles. The lowest BCUT2D eigenvalue weighted by molar-refractivity contribution is -0.149. The van der Waals surface area contributed by atoms with Crippen LogP contribution in [0.2, 0.25) is 0 Å². The van der Waals surface area contributed by atoms with Crippen LogP contribution in [-0.2, 0) is 4.79 Å². The van der Waals surface area contributed by atoms with E-state index in [0.29, 0.717) is 35.8 Å². The lowest BCUT2D eigenvalue weighted by atomic mass is 9.72.